The van der Waals surface area contributed by atoms with Crippen LogP contribution in [0.4, 0.5) is 0 Å². The highest BCUT2D eigenvalue weighted by atomic mass is 16.5. The van der Waals surface area contributed by atoms with Crippen LogP contribution in [0.1, 0.15) is 61.4 Å². The van der Waals surface area contributed by atoms with Crippen molar-refractivity contribution in [2.45, 2.75) is 65.0 Å². The molecular formula is C23H29NO2. The fraction of sp³-hybridized carbons (Fsp3) is 0.435. The van der Waals surface area contributed by atoms with Crippen LogP contribution in [0, 0.1) is 6.92 Å². The highest BCUT2D eigenvalue weighted by molar-refractivity contribution is 5.81. The molecule has 0 spiro atoms. The van der Waals surface area contributed by atoms with Crippen molar-refractivity contribution >= 4 is 5.91 Å². The van der Waals surface area contributed by atoms with Gasteiger partial charge in [0.05, 0.1) is 6.04 Å². The highest BCUT2D eigenvalue weighted by Crippen LogP contribution is 2.30. The molecule has 1 amide bonds. The summed E-state index contributed by atoms with van der Waals surface area (Å²) < 4.78 is 6.07. The molecule has 1 aliphatic rings. The van der Waals surface area contributed by atoms with Gasteiger partial charge in [-0.15, -0.1) is 0 Å². The van der Waals surface area contributed by atoms with Crippen molar-refractivity contribution in [3.63, 3.8) is 0 Å². The maximum atomic E-state index is 12.7. The van der Waals surface area contributed by atoms with E-state index in [1.807, 2.05) is 31.2 Å². The molecule has 138 valence electrons. The minimum Gasteiger partial charge on any atom is -0.481 e. The third-order valence-electron chi connectivity index (χ3n) is 5.31. The van der Waals surface area contributed by atoms with Crippen molar-refractivity contribution in [3.05, 3.63) is 64.7 Å². The van der Waals surface area contributed by atoms with Gasteiger partial charge in [-0.05, 0) is 74.3 Å². The molecule has 0 bridgehead atoms. The molecule has 0 saturated heterocycles. The van der Waals surface area contributed by atoms with E-state index in [1.54, 1.807) is 0 Å². The number of hydrogen-bond donors (Lipinski definition) is 1. The van der Waals surface area contributed by atoms with Crippen LogP contribution in [0.25, 0.3) is 0 Å². The molecule has 2 aromatic carbocycles. The lowest BCUT2D eigenvalue weighted by molar-refractivity contribution is -0.128. The Balaban J connectivity index is 1.69. The fourth-order valence-corrected chi connectivity index (χ4v) is 3.77. The molecule has 1 N–H and O–H groups in total. The lowest BCUT2D eigenvalue weighted by Gasteiger charge is -2.24. The first-order chi connectivity index (χ1) is 12.6. The van der Waals surface area contributed by atoms with Crippen LogP contribution in [-0.2, 0) is 17.6 Å². The normalized spacial score (nSPS) is 15.7. The van der Waals surface area contributed by atoms with Crippen molar-refractivity contribution in [2.24, 2.45) is 0 Å². The number of rotatable bonds is 6. The van der Waals surface area contributed by atoms with E-state index in [9.17, 15) is 4.79 Å². The Kier molecular flexibility index (Phi) is 5.97. The van der Waals surface area contributed by atoms with Gasteiger partial charge in [-0.25, -0.2) is 0 Å². The molecule has 26 heavy (non-hydrogen) atoms. The van der Waals surface area contributed by atoms with Gasteiger partial charge in [0, 0.05) is 0 Å². The Labute approximate surface area is 156 Å². The zero-order valence-electron chi connectivity index (χ0n) is 16.0. The molecule has 0 heterocycles. The predicted molar refractivity (Wildman–Crippen MR) is 106 cm³/mol. The van der Waals surface area contributed by atoms with E-state index in [0.29, 0.717) is 0 Å². The molecule has 3 nitrogen and oxygen atoms in total. The third-order valence-corrected chi connectivity index (χ3v) is 5.31. The largest absolute Gasteiger partial charge is 0.481 e. The molecule has 1 aliphatic carbocycles. The molecule has 3 heteroatoms. The van der Waals surface area contributed by atoms with Crippen LogP contribution >= 0.6 is 0 Å². The standard InChI is InChI=1S/C23H29NO2/c1-4-21(19-13-7-5-10-16(19)2)24-23(25)17(3)26-22-15-9-12-18-11-6-8-14-20(18)22/h5,7,9-10,12-13,15,17,21H,4,6,8,11,14H2,1-3H3,(H,24,25)/t17-,21-/m1/s1. The molecule has 0 fully saturated rings. The van der Waals surface area contributed by atoms with Crippen LogP contribution in [0.5, 0.6) is 5.75 Å². The predicted octanol–water partition coefficient (Wildman–Crippen LogP) is 4.91. The molecule has 0 saturated carbocycles. The first kappa shape index (κ1) is 18.5. The Morgan fingerprint density at radius 3 is 2.65 bits per heavy atom. The van der Waals surface area contributed by atoms with Gasteiger partial charge in [0.2, 0.25) is 0 Å². The number of hydrogen-bond acceptors (Lipinski definition) is 2. The van der Waals surface area contributed by atoms with E-state index in [4.69, 9.17) is 4.74 Å². The number of carbonyl (C=O) groups excluding carboxylic acids is 1. The second-order valence-corrected chi connectivity index (χ2v) is 7.19. The summed E-state index contributed by atoms with van der Waals surface area (Å²) in [7, 11) is 0. The summed E-state index contributed by atoms with van der Waals surface area (Å²) >= 11 is 0. The zero-order valence-corrected chi connectivity index (χ0v) is 16.0. The number of amides is 1. The lowest BCUT2D eigenvalue weighted by Crippen LogP contribution is -2.38. The maximum Gasteiger partial charge on any atom is 0.261 e. The number of fused-ring (bicyclic) bond motifs is 1. The topological polar surface area (TPSA) is 38.3 Å². The van der Waals surface area contributed by atoms with Crippen molar-refractivity contribution in [2.75, 3.05) is 0 Å². The first-order valence-corrected chi connectivity index (χ1v) is 9.73. The van der Waals surface area contributed by atoms with Gasteiger partial charge in [0.1, 0.15) is 5.75 Å². The minimum atomic E-state index is -0.513. The van der Waals surface area contributed by atoms with Gasteiger partial charge in [0.15, 0.2) is 6.10 Å². The Morgan fingerprint density at radius 1 is 1.12 bits per heavy atom. The van der Waals surface area contributed by atoms with Crippen molar-refractivity contribution in [3.8, 4) is 5.75 Å². The summed E-state index contributed by atoms with van der Waals surface area (Å²) in [6, 6.07) is 14.4. The van der Waals surface area contributed by atoms with E-state index in [1.165, 1.54) is 35.1 Å². The maximum absolute atomic E-state index is 12.7. The number of carbonyl (C=O) groups is 1. The molecule has 2 atom stereocenters. The van der Waals surface area contributed by atoms with E-state index in [2.05, 4.69) is 37.4 Å². The summed E-state index contributed by atoms with van der Waals surface area (Å²) in [5.41, 5.74) is 5.02. The van der Waals surface area contributed by atoms with Crippen molar-refractivity contribution in [1.82, 2.24) is 5.32 Å². The monoisotopic (exact) mass is 351 g/mol. The van der Waals surface area contributed by atoms with Gasteiger partial charge >= 0.3 is 0 Å². The van der Waals surface area contributed by atoms with Gasteiger partial charge < -0.3 is 10.1 Å². The average molecular weight is 351 g/mol. The fourth-order valence-electron chi connectivity index (χ4n) is 3.77. The van der Waals surface area contributed by atoms with E-state index in [0.717, 1.165) is 25.0 Å². The second kappa shape index (κ2) is 8.39. The molecule has 3 rings (SSSR count). The second-order valence-electron chi connectivity index (χ2n) is 7.19. The summed E-state index contributed by atoms with van der Waals surface area (Å²) in [6.07, 6.45) is 4.92. The van der Waals surface area contributed by atoms with Crippen LogP contribution in [0.15, 0.2) is 42.5 Å². The van der Waals surface area contributed by atoms with Crippen molar-refractivity contribution in [1.29, 1.82) is 0 Å². The quantitative estimate of drug-likeness (QED) is 0.803. The number of benzene rings is 2. The molecule has 0 unspecified atom stereocenters. The van der Waals surface area contributed by atoms with Gasteiger partial charge in [-0.1, -0.05) is 43.3 Å². The van der Waals surface area contributed by atoms with Crippen LogP contribution in [-0.4, -0.2) is 12.0 Å². The molecule has 0 radical (unpaired) electrons. The minimum absolute atomic E-state index is 0.0134. The Morgan fingerprint density at radius 2 is 1.88 bits per heavy atom. The van der Waals surface area contributed by atoms with Gasteiger partial charge in [-0.3, -0.25) is 4.79 Å². The summed E-state index contributed by atoms with van der Waals surface area (Å²) in [4.78, 5) is 12.7. The smallest absolute Gasteiger partial charge is 0.261 e. The molecule has 2 aromatic rings. The lowest BCUT2D eigenvalue weighted by atomic mass is 9.91. The summed E-state index contributed by atoms with van der Waals surface area (Å²) in [5, 5.41) is 3.16. The number of nitrogens with one attached hydrogen (secondary N) is 1. The Bertz CT molecular complexity index is 769. The molecule has 0 aliphatic heterocycles. The van der Waals surface area contributed by atoms with E-state index >= 15 is 0 Å². The Hall–Kier alpha value is -2.29. The first-order valence-electron chi connectivity index (χ1n) is 9.73. The number of ether oxygens (including phenoxy) is 1. The van der Waals surface area contributed by atoms with Gasteiger partial charge in [-0.2, -0.15) is 0 Å². The van der Waals surface area contributed by atoms with Gasteiger partial charge in [0.25, 0.3) is 5.91 Å². The molecular weight excluding hydrogens is 322 g/mol. The van der Waals surface area contributed by atoms with Crippen molar-refractivity contribution < 1.29 is 9.53 Å². The van der Waals surface area contributed by atoms with E-state index in [-0.39, 0.29) is 11.9 Å². The number of aryl methyl sites for hydroxylation is 2. The zero-order chi connectivity index (χ0) is 18.5. The highest BCUT2D eigenvalue weighted by Gasteiger charge is 2.22. The van der Waals surface area contributed by atoms with Crippen LogP contribution in [0.3, 0.4) is 0 Å². The van der Waals surface area contributed by atoms with E-state index < -0.39 is 6.10 Å². The summed E-state index contributed by atoms with van der Waals surface area (Å²) in [6.45, 7) is 6.01. The summed E-state index contributed by atoms with van der Waals surface area (Å²) in [5.74, 6) is 0.808. The SMILES string of the molecule is CC[C@@H](NC(=O)[C@@H](C)Oc1cccc2c1CCCC2)c1ccccc1C. The average Bonchev–Trinajstić information content (AvgIpc) is 2.67. The van der Waals surface area contributed by atoms with Crippen LogP contribution < -0.4 is 10.1 Å². The third kappa shape index (κ3) is 4.09. The van der Waals surface area contributed by atoms with Crippen LogP contribution in [0.2, 0.25) is 0 Å². The molecule has 0 aromatic heterocycles.